The van der Waals surface area contributed by atoms with Gasteiger partial charge in [0.15, 0.2) is 5.13 Å². The van der Waals surface area contributed by atoms with Gasteiger partial charge < -0.3 is 19.3 Å². The number of rotatable bonds is 5. The molecule has 2 fully saturated rings. The second-order valence-electron chi connectivity index (χ2n) is 6.23. The summed E-state index contributed by atoms with van der Waals surface area (Å²) in [7, 11) is 3.45. The number of anilines is 2. The number of piperidine rings is 2. The molecular weight excluding hydrogens is 332 g/mol. The maximum absolute atomic E-state index is 11.5. The molecule has 0 radical (unpaired) electrons. The van der Waals surface area contributed by atoms with Crippen molar-refractivity contribution >= 4 is 27.3 Å². The van der Waals surface area contributed by atoms with E-state index in [-0.39, 0.29) is 22.1 Å². The van der Waals surface area contributed by atoms with Gasteiger partial charge in [0.2, 0.25) is 5.82 Å². The molecule has 0 N–H and O–H groups in total. The zero-order valence-corrected chi connectivity index (χ0v) is 15.0. The first-order valence-electron chi connectivity index (χ1n) is 8.33. The van der Waals surface area contributed by atoms with Gasteiger partial charge in [0.05, 0.1) is 17.1 Å². The Hall–Kier alpha value is -1.45. The van der Waals surface area contributed by atoms with Crippen molar-refractivity contribution in [2.24, 2.45) is 0 Å². The van der Waals surface area contributed by atoms with Crippen LogP contribution in [0.4, 0.5) is 16.0 Å². The summed E-state index contributed by atoms with van der Waals surface area (Å²) < 4.78 is 10.8. The van der Waals surface area contributed by atoms with Crippen LogP contribution in [0.3, 0.4) is 0 Å². The fourth-order valence-corrected chi connectivity index (χ4v) is 4.30. The highest BCUT2D eigenvalue weighted by molar-refractivity contribution is 7.19. The molecular formula is C15H24N4O4S. The van der Waals surface area contributed by atoms with E-state index in [1.165, 1.54) is 11.3 Å². The largest absolute Gasteiger partial charge is 0.381 e. The van der Waals surface area contributed by atoms with E-state index in [0.29, 0.717) is 5.82 Å². The van der Waals surface area contributed by atoms with Crippen molar-refractivity contribution in [2.75, 3.05) is 50.2 Å². The standard InChI is InChI=1S/C15H24N4O4S/c1-22-11-3-7-17(8-4-11)13-14(19(20)21)24-15(16-13)18-9-5-12(23-2)6-10-18/h11-12H,3-10H2,1-2H3. The Kier molecular flexibility index (Phi) is 5.52. The molecule has 0 unspecified atom stereocenters. The van der Waals surface area contributed by atoms with E-state index in [1.807, 2.05) is 4.90 Å². The summed E-state index contributed by atoms with van der Waals surface area (Å²) in [5, 5.41) is 12.4. The molecule has 0 bridgehead atoms. The summed E-state index contributed by atoms with van der Waals surface area (Å²) in [4.78, 5) is 19.9. The summed E-state index contributed by atoms with van der Waals surface area (Å²) in [5.74, 6) is 0.517. The molecule has 0 aromatic carbocycles. The first-order chi connectivity index (χ1) is 11.6. The van der Waals surface area contributed by atoms with Crippen molar-refractivity contribution in [1.29, 1.82) is 0 Å². The minimum atomic E-state index is -0.305. The Bertz CT molecular complexity index is 566. The lowest BCUT2D eigenvalue weighted by atomic mass is 10.1. The maximum atomic E-state index is 11.5. The van der Waals surface area contributed by atoms with Gasteiger partial charge in [-0.3, -0.25) is 10.1 Å². The number of nitrogens with zero attached hydrogens (tertiary/aromatic N) is 4. The number of methoxy groups -OCH3 is 2. The topological polar surface area (TPSA) is 81.0 Å². The Morgan fingerprint density at radius 3 is 2.00 bits per heavy atom. The molecule has 3 rings (SSSR count). The van der Waals surface area contributed by atoms with Gasteiger partial charge in [-0.2, -0.15) is 4.98 Å². The number of hydrogen-bond acceptors (Lipinski definition) is 8. The van der Waals surface area contributed by atoms with Crippen molar-refractivity contribution in [3.8, 4) is 0 Å². The van der Waals surface area contributed by atoms with Crippen LogP contribution in [0.25, 0.3) is 0 Å². The summed E-state index contributed by atoms with van der Waals surface area (Å²) in [5.41, 5.74) is 0. The van der Waals surface area contributed by atoms with Crippen molar-refractivity contribution in [1.82, 2.24) is 4.98 Å². The van der Waals surface area contributed by atoms with Gasteiger partial charge >= 0.3 is 5.00 Å². The molecule has 0 saturated carbocycles. The molecule has 24 heavy (non-hydrogen) atoms. The quantitative estimate of drug-likeness (QED) is 0.591. The highest BCUT2D eigenvalue weighted by Gasteiger charge is 2.31. The summed E-state index contributed by atoms with van der Waals surface area (Å²) >= 11 is 1.19. The monoisotopic (exact) mass is 356 g/mol. The maximum Gasteiger partial charge on any atom is 0.369 e. The highest BCUT2D eigenvalue weighted by Crippen LogP contribution is 2.40. The van der Waals surface area contributed by atoms with Gasteiger partial charge in [0.1, 0.15) is 0 Å². The van der Waals surface area contributed by atoms with E-state index < -0.39 is 0 Å². The van der Waals surface area contributed by atoms with Gasteiger partial charge in [0, 0.05) is 40.4 Å². The minimum Gasteiger partial charge on any atom is -0.381 e. The molecule has 2 aliphatic rings. The van der Waals surface area contributed by atoms with E-state index in [2.05, 4.69) is 9.88 Å². The Morgan fingerprint density at radius 1 is 1.04 bits per heavy atom. The Morgan fingerprint density at radius 2 is 1.54 bits per heavy atom. The van der Waals surface area contributed by atoms with Gasteiger partial charge in [-0.05, 0) is 37.0 Å². The predicted octanol–water partition coefficient (Wildman–Crippen LogP) is 2.28. The molecule has 0 atom stereocenters. The van der Waals surface area contributed by atoms with Crippen LogP contribution in [0.1, 0.15) is 25.7 Å². The summed E-state index contributed by atoms with van der Waals surface area (Å²) in [6, 6.07) is 0. The highest BCUT2D eigenvalue weighted by atomic mass is 32.1. The average Bonchev–Trinajstić information content (AvgIpc) is 3.07. The molecule has 1 aromatic heterocycles. The van der Waals surface area contributed by atoms with E-state index in [0.717, 1.165) is 57.0 Å². The second-order valence-corrected chi connectivity index (χ2v) is 7.18. The molecule has 8 nitrogen and oxygen atoms in total. The molecule has 1 aromatic rings. The lowest BCUT2D eigenvalue weighted by Crippen LogP contribution is -2.38. The summed E-state index contributed by atoms with van der Waals surface area (Å²) in [6.45, 7) is 3.14. The van der Waals surface area contributed by atoms with Gasteiger partial charge in [-0.1, -0.05) is 0 Å². The smallest absolute Gasteiger partial charge is 0.369 e. The zero-order chi connectivity index (χ0) is 17.1. The van der Waals surface area contributed by atoms with Crippen LogP contribution < -0.4 is 9.80 Å². The number of thiazole rings is 1. The molecule has 0 amide bonds. The molecule has 0 aliphatic carbocycles. The number of aromatic nitrogens is 1. The van der Waals surface area contributed by atoms with Crippen LogP contribution in [0.2, 0.25) is 0 Å². The second kappa shape index (κ2) is 7.62. The van der Waals surface area contributed by atoms with Crippen LogP contribution in [-0.4, -0.2) is 62.5 Å². The average molecular weight is 356 g/mol. The van der Waals surface area contributed by atoms with Crippen molar-refractivity contribution in [2.45, 2.75) is 37.9 Å². The van der Waals surface area contributed by atoms with Gasteiger partial charge in [-0.25, -0.2) is 0 Å². The number of ether oxygens (including phenoxy) is 2. The summed E-state index contributed by atoms with van der Waals surface area (Å²) in [6.07, 6.45) is 4.13. The minimum absolute atomic E-state index is 0.148. The third-order valence-electron chi connectivity index (χ3n) is 4.87. The van der Waals surface area contributed by atoms with Crippen molar-refractivity contribution in [3.05, 3.63) is 10.1 Å². The van der Waals surface area contributed by atoms with Crippen LogP contribution in [-0.2, 0) is 9.47 Å². The molecule has 134 valence electrons. The number of hydrogen-bond donors (Lipinski definition) is 0. The first-order valence-corrected chi connectivity index (χ1v) is 9.14. The van der Waals surface area contributed by atoms with Crippen LogP contribution >= 0.6 is 11.3 Å². The molecule has 2 aliphatic heterocycles. The lowest BCUT2D eigenvalue weighted by Gasteiger charge is -2.31. The third-order valence-corrected chi connectivity index (χ3v) is 5.92. The SMILES string of the molecule is COC1CCN(c2nc(N3CCC(OC)CC3)c([N+](=O)[O-])s2)CC1. The fourth-order valence-electron chi connectivity index (χ4n) is 3.34. The van der Waals surface area contributed by atoms with E-state index >= 15 is 0 Å². The van der Waals surface area contributed by atoms with Crippen LogP contribution in [0, 0.1) is 10.1 Å². The number of nitro groups is 1. The Labute approximate surface area is 145 Å². The molecule has 2 saturated heterocycles. The zero-order valence-electron chi connectivity index (χ0n) is 14.1. The van der Waals surface area contributed by atoms with Gasteiger partial charge in [-0.15, -0.1) is 0 Å². The van der Waals surface area contributed by atoms with Crippen LogP contribution in [0.5, 0.6) is 0 Å². The first kappa shape index (κ1) is 17.4. The third kappa shape index (κ3) is 3.62. The fraction of sp³-hybridized carbons (Fsp3) is 0.800. The van der Waals surface area contributed by atoms with Crippen LogP contribution in [0.15, 0.2) is 0 Å². The van der Waals surface area contributed by atoms with Crippen molar-refractivity contribution in [3.63, 3.8) is 0 Å². The predicted molar refractivity (Wildman–Crippen MR) is 93.3 cm³/mol. The Balaban J connectivity index is 1.75. The lowest BCUT2D eigenvalue weighted by molar-refractivity contribution is -0.379. The van der Waals surface area contributed by atoms with Crippen molar-refractivity contribution < 1.29 is 14.4 Å². The molecule has 3 heterocycles. The van der Waals surface area contributed by atoms with E-state index in [1.54, 1.807) is 14.2 Å². The van der Waals surface area contributed by atoms with E-state index in [4.69, 9.17) is 9.47 Å². The molecule has 9 heteroatoms. The van der Waals surface area contributed by atoms with E-state index in [9.17, 15) is 10.1 Å². The molecule has 0 spiro atoms. The van der Waals surface area contributed by atoms with Gasteiger partial charge in [0.25, 0.3) is 0 Å². The normalized spacial score (nSPS) is 20.6.